The molecule has 2 aromatic rings. The SMILES string of the molecule is Cc1ccc([C@@H]2c3cccn3CCN2S(=O)(=O)N(C)C)cc1. The fraction of sp³-hybridized carbons (Fsp3) is 0.375. The van der Waals surface area contributed by atoms with E-state index in [4.69, 9.17) is 0 Å². The van der Waals surface area contributed by atoms with Crippen molar-refractivity contribution in [2.24, 2.45) is 0 Å². The first-order valence-electron chi connectivity index (χ1n) is 7.32. The third kappa shape index (κ3) is 2.47. The highest BCUT2D eigenvalue weighted by atomic mass is 32.2. The number of benzene rings is 1. The molecule has 0 spiro atoms. The molecule has 5 nitrogen and oxygen atoms in total. The first-order chi connectivity index (χ1) is 10.4. The first kappa shape index (κ1) is 15.3. The van der Waals surface area contributed by atoms with E-state index in [0.717, 1.165) is 16.8 Å². The van der Waals surface area contributed by atoms with Crippen LogP contribution in [0.2, 0.25) is 0 Å². The molecule has 0 amide bonds. The molecular weight excluding hydrogens is 298 g/mol. The van der Waals surface area contributed by atoms with Crippen molar-refractivity contribution in [2.75, 3.05) is 20.6 Å². The Morgan fingerprint density at radius 1 is 1.09 bits per heavy atom. The summed E-state index contributed by atoms with van der Waals surface area (Å²) in [5.41, 5.74) is 3.17. The molecule has 0 bridgehead atoms. The van der Waals surface area contributed by atoms with Gasteiger partial charge in [0, 0.05) is 39.1 Å². The number of nitrogens with zero attached hydrogens (tertiary/aromatic N) is 3. The van der Waals surface area contributed by atoms with Gasteiger partial charge in [-0.05, 0) is 24.6 Å². The highest BCUT2D eigenvalue weighted by molar-refractivity contribution is 7.86. The molecule has 6 heteroatoms. The molecule has 0 radical (unpaired) electrons. The van der Waals surface area contributed by atoms with Gasteiger partial charge in [0.05, 0.1) is 6.04 Å². The van der Waals surface area contributed by atoms with Gasteiger partial charge in [0.1, 0.15) is 0 Å². The maximum atomic E-state index is 12.7. The van der Waals surface area contributed by atoms with Crippen LogP contribution < -0.4 is 0 Å². The Kier molecular flexibility index (Phi) is 3.84. The molecule has 1 aliphatic heterocycles. The molecule has 3 rings (SSSR count). The van der Waals surface area contributed by atoms with E-state index in [1.54, 1.807) is 18.4 Å². The molecule has 1 aliphatic rings. The second kappa shape index (κ2) is 5.53. The Morgan fingerprint density at radius 3 is 2.41 bits per heavy atom. The summed E-state index contributed by atoms with van der Waals surface area (Å²) in [4.78, 5) is 0. The number of rotatable bonds is 3. The van der Waals surface area contributed by atoms with Crippen molar-refractivity contribution >= 4 is 10.2 Å². The topological polar surface area (TPSA) is 45.6 Å². The van der Waals surface area contributed by atoms with E-state index >= 15 is 0 Å². The van der Waals surface area contributed by atoms with Gasteiger partial charge in [0.25, 0.3) is 10.2 Å². The van der Waals surface area contributed by atoms with Crippen LogP contribution in [-0.2, 0) is 16.8 Å². The molecule has 1 aromatic heterocycles. The fourth-order valence-electron chi connectivity index (χ4n) is 2.91. The Hall–Kier alpha value is -1.63. The summed E-state index contributed by atoms with van der Waals surface area (Å²) in [6.45, 7) is 3.18. The third-order valence-corrected chi connectivity index (χ3v) is 6.05. The van der Waals surface area contributed by atoms with Crippen LogP contribution in [0.5, 0.6) is 0 Å². The van der Waals surface area contributed by atoms with E-state index < -0.39 is 10.2 Å². The summed E-state index contributed by atoms with van der Waals surface area (Å²) in [7, 11) is -0.318. The van der Waals surface area contributed by atoms with Crippen molar-refractivity contribution in [1.82, 2.24) is 13.2 Å². The smallest absolute Gasteiger partial charge is 0.282 e. The molecule has 0 saturated carbocycles. The Morgan fingerprint density at radius 2 is 1.77 bits per heavy atom. The van der Waals surface area contributed by atoms with Crippen molar-refractivity contribution in [3.63, 3.8) is 0 Å². The Bertz CT molecular complexity index is 763. The Balaban J connectivity index is 2.13. The predicted octanol–water partition coefficient (Wildman–Crippen LogP) is 2.01. The normalized spacial score (nSPS) is 19.4. The lowest BCUT2D eigenvalue weighted by Crippen LogP contribution is -2.47. The largest absolute Gasteiger partial charge is 0.348 e. The lowest BCUT2D eigenvalue weighted by Gasteiger charge is -2.37. The molecule has 0 aliphatic carbocycles. The number of hydrogen-bond acceptors (Lipinski definition) is 2. The lowest BCUT2D eigenvalue weighted by molar-refractivity contribution is 0.281. The van der Waals surface area contributed by atoms with Gasteiger partial charge in [-0.25, -0.2) is 0 Å². The van der Waals surface area contributed by atoms with E-state index in [0.29, 0.717) is 13.1 Å². The highest BCUT2D eigenvalue weighted by Crippen LogP contribution is 2.34. The van der Waals surface area contributed by atoms with Gasteiger partial charge in [0.2, 0.25) is 0 Å². The zero-order valence-corrected chi connectivity index (χ0v) is 13.9. The van der Waals surface area contributed by atoms with Crippen LogP contribution in [0.1, 0.15) is 22.9 Å². The van der Waals surface area contributed by atoms with E-state index in [1.807, 2.05) is 49.5 Å². The number of hydrogen-bond donors (Lipinski definition) is 0. The average Bonchev–Trinajstić information content (AvgIpc) is 2.95. The van der Waals surface area contributed by atoms with Gasteiger partial charge in [-0.3, -0.25) is 0 Å². The van der Waals surface area contributed by atoms with Crippen LogP contribution in [0.25, 0.3) is 0 Å². The molecule has 118 valence electrons. The summed E-state index contributed by atoms with van der Waals surface area (Å²) in [5, 5.41) is 0. The van der Waals surface area contributed by atoms with Crippen molar-refractivity contribution in [2.45, 2.75) is 19.5 Å². The second-order valence-corrected chi connectivity index (χ2v) is 7.94. The minimum absolute atomic E-state index is 0.281. The van der Waals surface area contributed by atoms with Crippen LogP contribution in [0, 0.1) is 6.92 Å². The van der Waals surface area contributed by atoms with E-state index in [9.17, 15) is 8.42 Å². The van der Waals surface area contributed by atoms with Crippen LogP contribution in [0.3, 0.4) is 0 Å². The fourth-order valence-corrected chi connectivity index (χ4v) is 4.13. The molecule has 0 N–H and O–H groups in total. The summed E-state index contributed by atoms with van der Waals surface area (Å²) >= 11 is 0. The lowest BCUT2D eigenvalue weighted by atomic mass is 10.0. The van der Waals surface area contributed by atoms with Crippen LogP contribution in [0.4, 0.5) is 0 Å². The highest BCUT2D eigenvalue weighted by Gasteiger charge is 2.37. The number of fused-ring (bicyclic) bond motifs is 1. The van der Waals surface area contributed by atoms with Crippen molar-refractivity contribution in [3.05, 3.63) is 59.4 Å². The molecule has 22 heavy (non-hydrogen) atoms. The molecule has 2 heterocycles. The van der Waals surface area contributed by atoms with Crippen molar-refractivity contribution in [1.29, 1.82) is 0 Å². The van der Waals surface area contributed by atoms with E-state index in [2.05, 4.69) is 4.57 Å². The van der Waals surface area contributed by atoms with Crippen LogP contribution in [-0.4, -0.2) is 42.2 Å². The maximum Gasteiger partial charge on any atom is 0.282 e. The average molecular weight is 319 g/mol. The van der Waals surface area contributed by atoms with Gasteiger partial charge in [-0.1, -0.05) is 29.8 Å². The van der Waals surface area contributed by atoms with Crippen molar-refractivity contribution < 1.29 is 8.42 Å². The minimum atomic E-state index is -3.47. The van der Waals surface area contributed by atoms with E-state index in [1.165, 1.54) is 4.31 Å². The second-order valence-electron chi connectivity index (χ2n) is 5.84. The van der Waals surface area contributed by atoms with Crippen LogP contribution >= 0.6 is 0 Å². The van der Waals surface area contributed by atoms with Crippen molar-refractivity contribution in [3.8, 4) is 0 Å². The molecular formula is C16H21N3O2S. The molecule has 0 unspecified atom stereocenters. The van der Waals surface area contributed by atoms with Gasteiger partial charge < -0.3 is 4.57 Å². The molecule has 0 fully saturated rings. The summed E-state index contributed by atoms with van der Waals surface area (Å²) < 4.78 is 30.4. The summed E-state index contributed by atoms with van der Waals surface area (Å²) in [5.74, 6) is 0. The summed E-state index contributed by atoms with van der Waals surface area (Å²) in [6.07, 6.45) is 2.01. The minimum Gasteiger partial charge on any atom is -0.348 e. The summed E-state index contributed by atoms with van der Waals surface area (Å²) in [6, 6.07) is 11.8. The first-order valence-corrected chi connectivity index (χ1v) is 8.72. The van der Waals surface area contributed by atoms with Gasteiger partial charge in [0.15, 0.2) is 0 Å². The zero-order chi connectivity index (χ0) is 15.9. The third-order valence-electron chi connectivity index (χ3n) is 4.14. The number of aromatic nitrogens is 1. The predicted molar refractivity (Wildman–Crippen MR) is 86.8 cm³/mol. The molecule has 1 atom stereocenters. The van der Waals surface area contributed by atoms with E-state index in [-0.39, 0.29) is 6.04 Å². The van der Waals surface area contributed by atoms with Gasteiger partial charge in [-0.15, -0.1) is 0 Å². The quantitative estimate of drug-likeness (QED) is 0.869. The molecule has 1 aromatic carbocycles. The monoisotopic (exact) mass is 319 g/mol. The van der Waals surface area contributed by atoms with Crippen LogP contribution in [0.15, 0.2) is 42.6 Å². The number of aryl methyl sites for hydroxylation is 1. The van der Waals surface area contributed by atoms with Gasteiger partial charge in [-0.2, -0.15) is 17.0 Å². The van der Waals surface area contributed by atoms with Gasteiger partial charge >= 0.3 is 0 Å². The maximum absolute atomic E-state index is 12.7. The zero-order valence-electron chi connectivity index (χ0n) is 13.1. The Labute approximate surface area is 132 Å². The standard InChI is InChI=1S/C16H21N3O2S/c1-13-6-8-14(9-7-13)16-15-5-4-10-18(15)11-12-19(16)22(20,21)17(2)3/h4-10,16H,11-12H2,1-3H3/t16-/m1/s1. The molecule has 0 saturated heterocycles.